The molecule has 0 fully saturated rings. The van der Waals surface area contributed by atoms with Gasteiger partial charge in [0.2, 0.25) is 0 Å². The molecule has 4 aromatic rings. The second kappa shape index (κ2) is 9.83. The zero-order valence-electron chi connectivity index (χ0n) is 20.9. The molecule has 0 saturated heterocycles. The molecule has 180 valence electrons. The van der Waals surface area contributed by atoms with E-state index in [1.165, 1.54) is 0 Å². The smallest absolute Gasteiger partial charge is 0.261 e. The van der Waals surface area contributed by atoms with Gasteiger partial charge >= 0.3 is 0 Å². The van der Waals surface area contributed by atoms with Crippen LogP contribution < -0.4 is 10.3 Å². The second-order valence-corrected chi connectivity index (χ2v) is 9.43. The van der Waals surface area contributed by atoms with Crippen LogP contribution in [0.2, 0.25) is 0 Å². The molecule has 0 aliphatic carbocycles. The van der Waals surface area contributed by atoms with Gasteiger partial charge in [0.25, 0.3) is 5.56 Å². The van der Waals surface area contributed by atoms with E-state index < -0.39 is 0 Å². The predicted octanol–water partition coefficient (Wildman–Crippen LogP) is 5.95. The molecule has 3 aromatic carbocycles. The number of benzene rings is 3. The van der Waals surface area contributed by atoms with Crippen LogP contribution in [0.4, 0.5) is 0 Å². The monoisotopic (exact) mass is 475 g/mol. The molecular weight excluding hydrogens is 446 g/mol. The van der Waals surface area contributed by atoms with Crippen molar-refractivity contribution in [3.05, 3.63) is 111 Å². The van der Waals surface area contributed by atoms with Gasteiger partial charge in [0.05, 0.1) is 23.0 Å². The fraction of sp³-hybridized carbons (Fsp3) is 0.258. The molecule has 5 heteroatoms. The van der Waals surface area contributed by atoms with Crippen molar-refractivity contribution < 1.29 is 4.74 Å². The fourth-order valence-electron chi connectivity index (χ4n) is 5.03. The van der Waals surface area contributed by atoms with Crippen LogP contribution in [0.1, 0.15) is 54.0 Å². The van der Waals surface area contributed by atoms with Crippen molar-refractivity contribution in [1.29, 1.82) is 5.26 Å². The van der Waals surface area contributed by atoms with E-state index in [1.807, 2.05) is 67.6 Å². The van der Waals surface area contributed by atoms with E-state index in [4.69, 9.17) is 9.72 Å². The Kier molecular flexibility index (Phi) is 6.43. The van der Waals surface area contributed by atoms with Crippen molar-refractivity contribution in [2.24, 2.45) is 0 Å². The van der Waals surface area contributed by atoms with Gasteiger partial charge in [-0.15, -0.1) is 0 Å². The maximum absolute atomic E-state index is 13.9. The SMILES string of the molecule is CCCc1nc(C)n(-c2ccc3c(c2)CC(C)O3)c(=O)c1Cc1ccc(-c2ccccc2C#N)cc1. The van der Waals surface area contributed by atoms with Crippen molar-refractivity contribution in [3.8, 4) is 28.6 Å². The summed E-state index contributed by atoms with van der Waals surface area (Å²) in [6, 6.07) is 23.9. The Morgan fingerprint density at radius 3 is 2.64 bits per heavy atom. The molecular formula is C31H29N3O2. The molecule has 1 aromatic heterocycles. The second-order valence-electron chi connectivity index (χ2n) is 9.43. The highest BCUT2D eigenvalue weighted by atomic mass is 16.5. The van der Waals surface area contributed by atoms with Gasteiger partial charge in [-0.1, -0.05) is 55.8 Å². The maximum Gasteiger partial charge on any atom is 0.261 e. The van der Waals surface area contributed by atoms with Gasteiger partial charge in [0.1, 0.15) is 17.7 Å². The molecule has 5 rings (SSSR count). The summed E-state index contributed by atoms with van der Waals surface area (Å²) < 4.78 is 7.58. The molecule has 0 spiro atoms. The van der Waals surface area contributed by atoms with E-state index in [0.29, 0.717) is 17.8 Å². The maximum atomic E-state index is 13.9. The lowest BCUT2D eigenvalue weighted by atomic mass is 9.97. The summed E-state index contributed by atoms with van der Waals surface area (Å²) in [5.41, 5.74) is 7.12. The summed E-state index contributed by atoms with van der Waals surface area (Å²) in [7, 11) is 0. The van der Waals surface area contributed by atoms with Crippen molar-refractivity contribution >= 4 is 0 Å². The minimum atomic E-state index is -0.0169. The molecule has 0 radical (unpaired) electrons. The highest BCUT2D eigenvalue weighted by Gasteiger charge is 2.21. The van der Waals surface area contributed by atoms with E-state index in [2.05, 4.69) is 26.0 Å². The minimum Gasteiger partial charge on any atom is -0.490 e. The van der Waals surface area contributed by atoms with E-state index in [9.17, 15) is 10.1 Å². The van der Waals surface area contributed by atoms with Crippen LogP contribution in [0.25, 0.3) is 16.8 Å². The Labute approximate surface area is 211 Å². The van der Waals surface area contributed by atoms with Gasteiger partial charge in [-0.05, 0) is 66.8 Å². The van der Waals surface area contributed by atoms with Gasteiger partial charge in [0, 0.05) is 18.4 Å². The zero-order chi connectivity index (χ0) is 25.2. The molecule has 1 atom stereocenters. The summed E-state index contributed by atoms with van der Waals surface area (Å²) in [5, 5.41) is 9.45. The lowest BCUT2D eigenvalue weighted by Crippen LogP contribution is -2.28. The largest absolute Gasteiger partial charge is 0.490 e. The summed E-state index contributed by atoms with van der Waals surface area (Å²) in [5.74, 6) is 1.59. The zero-order valence-corrected chi connectivity index (χ0v) is 20.9. The van der Waals surface area contributed by atoms with E-state index in [0.717, 1.165) is 64.2 Å². The van der Waals surface area contributed by atoms with Crippen LogP contribution in [0.5, 0.6) is 5.75 Å². The average molecular weight is 476 g/mol. The fourth-order valence-corrected chi connectivity index (χ4v) is 5.03. The summed E-state index contributed by atoms with van der Waals surface area (Å²) in [6.07, 6.45) is 3.17. The van der Waals surface area contributed by atoms with Crippen LogP contribution in [0.15, 0.2) is 71.5 Å². The molecule has 36 heavy (non-hydrogen) atoms. The number of hydrogen-bond donors (Lipinski definition) is 0. The molecule has 5 nitrogen and oxygen atoms in total. The van der Waals surface area contributed by atoms with Crippen molar-refractivity contribution in [2.75, 3.05) is 0 Å². The third-order valence-electron chi connectivity index (χ3n) is 6.75. The molecule has 1 aliphatic heterocycles. The average Bonchev–Trinajstić information content (AvgIpc) is 3.26. The van der Waals surface area contributed by atoms with Gasteiger partial charge in [-0.3, -0.25) is 9.36 Å². The highest BCUT2D eigenvalue weighted by molar-refractivity contribution is 5.70. The molecule has 2 heterocycles. The highest BCUT2D eigenvalue weighted by Crippen LogP contribution is 2.30. The van der Waals surface area contributed by atoms with Crippen molar-refractivity contribution in [1.82, 2.24) is 9.55 Å². The van der Waals surface area contributed by atoms with Crippen molar-refractivity contribution in [2.45, 2.75) is 52.6 Å². The third kappa shape index (κ3) is 4.43. The van der Waals surface area contributed by atoms with E-state index >= 15 is 0 Å². The first-order valence-corrected chi connectivity index (χ1v) is 12.5. The first-order chi connectivity index (χ1) is 17.5. The Hall–Kier alpha value is -4.17. The Morgan fingerprint density at radius 1 is 1.11 bits per heavy atom. The molecule has 0 amide bonds. The summed E-state index contributed by atoms with van der Waals surface area (Å²) in [4.78, 5) is 18.8. The van der Waals surface area contributed by atoms with Crippen LogP contribution in [0, 0.1) is 18.3 Å². The van der Waals surface area contributed by atoms with Crippen molar-refractivity contribution in [3.63, 3.8) is 0 Å². The Morgan fingerprint density at radius 2 is 1.89 bits per heavy atom. The number of rotatable bonds is 6. The number of hydrogen-bond acceptors (Lipinski definition) is 4. The van der Waals surface area contributed by atoms with E-state index in [-0.39, 0.29) is 11.7 Å². The Balaban J connectivity index is 1.53. The molecule has 1 aliphatic rings. The minimum absolute atomic E-state index is 0.0169. The van der Waals surface area contributed by atoms with Gasteiger partial charge in [-0.2, -0.15) is 5.26 Å². The predicted molar refractivity (Wildman–Crippen MR) is 142 cm³/mol. The lowest BCUT2D eigenvalue weighted by molar-refractivity contribution is 0.254. The van der Waals surface area contributed by atoms with Crippen LogP contribution in [0.3, 0.4) is 0 Å². The van der Waals surface area contributed by atoms with Crippen LogP contribution >= 0.6 is 0 Å². The molecule has 0 bridgehead atoms. The number of nitrogens with zero attached hydrogens (tertiary/aromatic N) is 3. The number of fused-ring (bicyclic) bond motifs is 1. The normalized spacial score (nSPS) is 14.2. The standard InChI is InChI=1S/C31H29N3O2/c1-4-7-29-28(17-22-10-12-23(13-11-22)27-9-6-5-8-24(27)19-32)31(35)34(21(3)33-29)26-14-15-30-25(18-26)16-20(2)36-30/h5-6,8-15,18,20H,4,7,16-17H2,1-3H3. The Bertz CT molecular complexity index is 1530. The summed E-state index contributed by atoms with van der Waals surface area (Å²) >= 11 is 0. The van der Waals surface area contributed by atoms with Crippen LogP contribution in [-0.2, 0) is 19.3 Å². The topological polar surface area (TPSA) is 67.9 Å². The quantitative estimate of drug-likeness (QED) is 0.346. The molecule has 1 unspecified atom stereocenters. The number of ether oxygens (including phenoxy) is 1. The lowest BCUT2D eigenvalue weighted by Gasteiger charge is -2.16. The van der Waals surface area contributed by atoms with E-state index in [1.54, 1.807) is 4.57 Å². The molecule has 0 N–H and O–H groups in total. The first kappa shape index (κ1) is 23.6. The summed E-state index contributed by atoms with van der Waals surface area (Å²) in [6.45, 7) is 6.06. The van der Waals surface area contributed by atoms with Gasteiger partial charge in [-0.25, -0.2) is 4.98 Å². The number of aromatic nitrogens is 2. The third-order valence-corrected chi connectivity index (χ3v) is 6.75. The van der Waals surface area contributed by atoms with Crippen LogP contribution in [-0.4, -0.2) is 15.7 Å². The van der Waals surface area contributed by atoms with Gasteiger partial charge in [0.15, 0.2) is 0 Å². The molecule has 0 saturated carbocycles. The van der Waals surface area contributed by atoms with Gasteiger partial charge < -0.3 is 4.74 Å². The number of nitriles is 1. The first-order valence-electron chi connectivity index (χ1n) is 12.5. The number of aryl methyl sites for hydroxylation is 2.